The molecule has 21 heavy (non-hydrogen) atoms. The first kappa shape index (κ1) is 18.7. The molecule has 1 amide bonds. The molecule has 1 N–H and O–H groups in total. The van der Waals surface area contributed by atoms with E-state index < -0.39 is 9.84 Å². The zero-order valence-electron chi connectivity index (χ0n) is 12.9. The van der Waals surface area contributed by atoms with Crippen LogP contribution in [0.2, 0.25) is 0 Å². The number of sulfone groups is 1. The van der Waals surface area contributed by atoms with Crippen molar-refractivity contribution in [2.24, 2.45) is 0 Å². The molecule has 7 heteroatoms. The van der Waals surface area contributed by atoms with E-state index in [0.29, 0.717) is 12.8 Å². The van der Waals surface area contributed by atoms with E-state index in [1.807, 2.05) is 0 Å². The van der Waals surface area contributed by atoms with Gasteiger partial charge in [0.1, 0.15) is 0 Å². The van der Waals surface area contributed by atoms with Crippen LogP contribution in [-0.2, 0) is 14.6 Å². The Hall–Kier alpha value is -0.330. The minimum Gasteiger partial charge on any atom is -0.341 e. The van der Waals surface area contributed by atoms with Crippen LogP contribution in [0.25, 0.3) is 0 Å². The fraction of sp³-hybridized carbons (Fsp3) is 0.929. The van der Waals surface area contributed by atoms with Crippen LogP contribution >= 0.6 is 12.4 Å². The summed E-state index contributed by atoms with van der Waals surface area (Å²) in [6, 6.07) is 0.123. The van der Waals surface area contributed by atoms with Crippen LogP contribution in [-0.4, -0.2) is 56.4 Å². The van der Waals surface area contributed by atoms with Crippen molar-refractivity contribution in [2.75, 3.05) is 19.8 Å². The van der Waals surface area contributed by atoms with E-state index >= 15 is 0 Å². The summed E-state index contributed by atoms with van der Waals surface area (Å²) in [6.45, 7) is 0.983. The average molecular weight is 339 g/mol. The van der Waals surface area contributed by atoms with Crippen molar-refractivity contribution in [1.82, 2.24) is 10.2 Å². The molecular weight excluding hydrogens is 312 g/mol. The van der Waals surface area contributed by atoms with Crippen molar-refractivity contribution in [2.45, 2.75) is 62.3 Å². The second-order valence-corrected chi connectivity index (χ2v) is 8.49. The number of hydrogen-bond acceptors (Lipinski definition) is 4. The molecule has 1 heterocycles. The number of carbonyl (C=O) groups excluding carboxylic acids is 1. The van der Waals surface area contributed by atoms with Gasteiger partial charge in [-0.2, -0.15) is 0 Å². The smallest absolute Gasteiger partial charge is 0.224 e. The van der Waals surface area contributed by atoms with Crippen molar-refractivity contribution in [1.29, 1.82) is 0 Å². The molecule has 0 spiro atoms. The molecule has 2 rings (SSSR count). The molecule has 2 fully saturated rings. The zero-order chi connectivity index (χ0) is 14.8. The van der Waals surface area contributed by atoms with E-state index in [9.17, 15) is 13.2 Å². The highest BCUT2D eigenvalue weighted by Gasteiger charge is 2.37. The predicted octanol–water partition coefficient (Wildman–Crippen LogP) is 1.36. The Morgan fingerprint density at radius 1 is 1.19 bits per heavy atom. The van der Waals surface area contributed by atoms with Gasteiger partial charge in [-0.15, -0.1) is 12.4 Å². The Kier molecular flexibility index (Phi) is 6.94. The van der Waals surface area contributed by atoms with Gasteiger partial charge in [-0.05, 0) is 32.2 Å². The Morgan fingerprint density at radius 2 is 1.86 bits per heavy atom. The molecule has 2 aliphatic rings. The predicted molar refractivity (Wildman–Crippen MR) is 86.5 cm³/mol. The fourth-order valence-electron chi connectivity index (χ4n) is 3.49. The third-order valence-electron chi connectivity index (χ3n) is 4.69. The van der Waals surface area contributed by atoms with E-state index in [4.69, 9.17) is 0 Å². The third kappa shape index (κ3) is 4.83. The Bertz CT molecular complexity index is 449. The van der Waals surface area contributed by atoms with Gasteiger partial charge in [-0.1, -0.05) is 12.8 Å². The van der Waals surface area contributed by atoms with E-state index in [1.165, 1.54) is 6.26 Å². The van der Waals surface area contributed by atoms with Gasteiger partial charge in [0.15, 0.2) is 9.84 Å². The van der Waals surface area contributed by atoms with Crippen LogP contribution in [0.3, 0.4) is 0 Å². The number of hydrogen-bond donors (Lipinski definition) is 1. The van der Waals surface area contributed by atoms with Crippen LogP contribution in [0.4, 0.5) is 0 Å². The summed E-state index contributed by atoms with van der Waals surface area (Å²) in [5.74, 6) is 0.0740. The second-order valence-electron chi connectivity index (χ2n) is 6.22. The first-order chi connectivity index (χ1) is 9.39. The first-order valence-electron chi connectivity index (χ1n) is 7.57. The number of carbonyl (C=O) groups is 1. The largest absolute Gasteiger partial charge is 0.341 e. The molecule has 1 aliphatic carbocycles. The average Bonchev–Trinajstić information content (AvgIpc) is 2.89. The molecule has 1 saturated heterocycles. The summed E-state index contributed by atoms with van der Waals surface area (Å²) < 4.78 is 23.8. The van der Waals surface area contributed by atoms with Gasteiger partial charge in [-0.25, -0.2) is 8.42 Å². The second kappa shape index (κ2) is 7.79. The molecule has 124 valence electrons. The van der Waals surface area contributed by atoms with Crippen LogP contribution in [0.1, 0.15) is 44.9 Å². The van der Waals surface area contributed by atoms with Gasteiger partial charge in [0.2, 0.25) is 5.91 Å². The van der Waals surface area contributed by atoms with Crippen molar-refractivity contribution in [3.8, 4) is 0 Å². The topological polar surface area (TPSA) is 66.5 Å². The SMILES string of the molecule is CN(C(=O)CC1CCCN1)C1CCCCC1S(C)(=O)=O.Cl. The van der Waals surface area contributed by atoms with Gasteiger partial charge < -0.3 is 10.2 Å². The summed E-state index contributed by atoms with van der Waals surface area (Å²) >= 11 is 0. The first-order valence-corrected chi connectivity index (χ1v) is 9.53. The van der Waals surface area contributed by atoms with Crippen LogP contribution < -0.4 is 5.32 Å². The molecule has 0 radical (unpaired) electrons. The van der Waals surface area contributed by atoms with Gasteiger partial charge >= 0.3 is 0 Å². The monoisotopic (exact) mass is 338 g/mol. The highest BCUT2D eigenvalue weighted by molar-refractivity contribution is 7.91. The van der Waals surface area contributed by atoms with Crippen LogP contribution in [0.5, 0.6) is 0 Å². The van der Waals surface area contributed by atoms with E-state index in [1.54, 1.807) is 11.9 Å². The Balaban J connectivity index is 0.00000220. The maximum absolute atomic E-state index is 12.4. The summed E-state index contributed by atoms with van der Waals surface area (Å²) in [6.07, 6.45) is 7.39. The van der Waals surface area contributed by atoms with Crippen LogP contribution in [0.15, 0.2) is 0 Å². The minimum absolute atomic E-state index is 0. The Morgan fingerprint density at radius 3 is 2.43 bits per heavy atom. The molecule has 0 aromatic carbocycles. The van der Waals surface area contributed by atoms with E-state index in [2.05, 4.69) is 5.32 Å². The lowest BCUT2D eigenvalue weighted by Gasteiger charge is -2.37. The molecule has 1 saturated carbocycles. The summed E-state index contributed by atoms with van der Waals surface area (Å²) in [5, 5.41) is 2.93. The van der Waals surface area contributed by atoms with Gasteiger partial charge in [0.25, 0.3) is 0 Å². The number of amides is 1. The zero-order valence-corrected chi connectivity index (χ0v) is 14.5. The number of halogens is 1. The lowest BCUT2D eigenvalue weighted by Crippen LogP contribution is -2.50. The molecular formula is C14H27ClN2O3S. The Labute approximate surface area is 134 Å². The summed E-state index contributed by atoms with van der Waals surface area (Å²) in [4.78, 5) is 14.1. The molecule has 0 bridgehead atoms. The van der Waals surface area contributed by atoms with Crippen molar-refractivity contribution in [3.63, 3.8) is 0 Å². The van der Waals surface area contributed by atoms with Crippen molar-refractivity contribution in [3.05, 3.63) is 0 Å². The van der Waals surface area contributed by atoms with Gasteiger partial charge in [0, 0.05) is 31.8 Å². The van der Waals surface area contributed by atoms with E-state index in [0.717, 1.165) is 38.6 Å². The normalized spacial score (nSPS) is 29.7. The lowest BCUT2D eigenvalue weighted by molar-refractivity contribution is -0.132. The fourth-order valence-corrected chi connectivity index (χ4v) is 4.97. The van der Waals surface area contributed by atoms with Crippen molar-refractivity contribution < 1.29 is 13.2 Å². The lowest BCUT2D eigenvalue weighted by atomic mass is 9.93. The maximum Gasteiger partial charge on any atom is 0.224 e. The molecule has 5 nitrogen and oxygen atoms in total. The number of nitrogens with zero attached hydrogens (tertiary/aromatic N) is 1. The molecule has 1 aliphatic heterocycles. The maximum atomic E-state index is 12.4. The molecule has 0 aromatic heterocycles. The third-order valence-corrected chi connectivity index (χ3v) is 6.34. The molecule has 3 atom stereocenters. The number of nitrogens with one attached hydrogen (secondary N) is 1. The van der Waals surface area contributed by atoms with Gasteiger partial charge in [0.05, 0.1) is 5.25 Å². The molecule has 3 unspecified atom stereocenters. The minimum atomic E-state index is -3.09. The summed E-state index contributed by atoms with van der Waals surface area (Å²) in [7, 11) is -1.32. The van der Waals surface area contributed by atoms with E-state index in [-0.39, 0.29) is 35.6 Å². The highest BCUT2D eigenvalue weighted by atomic mass is 35.5. The number of rotatable bonds is 4. The molecule has 0 aromatic rings. The van der Waals surface area contributed by atoms with Crippen molar-refractivity contribution >= 4 is 28.2 Å². The van der Waals surface area contributed by atoms with Gasteiger partial charge in [-0.3, -0.25) is 4.79 Å². The quantitative estimate of drug-likeness (QED) is 0.840. The summed E-state index contributed by atoms with van der Waals surface area (Å²) in [5.41, 5.74) is 0. The standard InChI is InChI=1S/C14H26N2O3S.ClH/c1-16(14(17)10-11-6-5-9-15-11)12-7-3-4-8-13(12)20(2,18)19;/h11-13,15H,3-10H2,1-2H3;1H. The van der Waals surface area contributed by atoms with Crippen LogP contribution in [0, 0.1) is 0 Å². The highest BCUT2D eigenvalue weighted by Crippen LogP contribution is 2.28.